The Morgan fingerprint density at radius 2 is 1.71 bits per heavy atom. The molecule has 1 saturated heterocycles. The Kier molecular flexibility index (Phi) is 7.52. The van der Waals surface area contributed by atoms with E-state index in [0.717, 1.165) is 31.2 Å². The van der Waals surface area contributed by atoms with E-state index in [4.69, 9.17) is 11.6 Å². The van der Waals surface area contributed by atoms with E-state index < -0.39 is 10.0 Å². The minimum absolute atomic E-state index is 0.0645. The molecule has 24 heavy (non-hydrogen) atoms. The van der Waals surface area contributed by atoms with Crippen molar-refractivity contribution in [2.45, 2.75) is 43.4 Å². The van der Waals surface area contributed by atoms with Gasteiger partial charge < -0.3 is 5.32 Å². The van der Waals surface area contributed by atoms with Crippen molar-refractivity contribution in [3.8, 4) is 0 Å². The van der Waals surface area contributed by atoms with E-state index in [9.17, 15) is 13.2 Å². The first kappa shape index (κ1) is 19.2. The van der Waals surface area contributed by atoms with Gasteiger partial charge in [-0.3, -0.25) is 4.79 Å². The lowest BCUT2D eigenvalue weighted by Gasteiger charge is -2.20. The van der Waals surface area contributed by atoms with Crippen LogP contribution in [0.5, 0.6) is 0 Å². The van der Waals surface area contributed by atoms with Gasteiger partial charge in [-0.2, -0.15) is 4.31 Å². The fourth-order valence-corrected chi connectivity index (χ4v) is 4.47. The highest BCUT2D eigenvalue weighted by molar-refractivity contribution is 7.89. The minimum Gasteiger partial charge on any atom is -0.356 e. The number of sulfonamides is 1. The average Bonchev–Trinajstić information content (AvgIpc) is 2.85. The quantitative estimate of drug-likeness (QED) is 0.748. The molecule has 1 N–H and O–H groups in total. The van der Waals surface area contributed by atoms with Gasteiger partial charge in [0.1, 0.15) is 0 Å². The summed E-state index contributed by atoms with van der Waals surface area (Å²) in [5, 5.41) is 2.79. The van der Waals surface area contributed by atoms with Crippen molar-refractivity contribution in [1.29, 1.82) is 0 Å². The fourth-order valence-electron chi connectivity index (χ4n) is 2.78. The Labute approximate surface area is 149 Å². The second-order valence-corrected chi connectivity index (χ2v) is 8.32. The Hall–Kier alpha value is -1.11. The van der Waals surface area contributed by atoms with Crippen LogP contribution in [0.4, 0.5) is 0 Å². The van der Waals surface area contributed by atoms with Crippen LogP contribution in [-0.4, -0.2) is 44.1 Å². The third kappa shape index (κ3) is 5.46. The van der Waals surface area contributed by atoms with E-state index >= 15 is 0 Å². The second-order valence-electron chi connectivity index (χ2n) is 6.00. The summed E-state index contributed by atoms with van der Waals surface area (Å²) >= 11 is 5.50. The molecule has 0 aliphatic carbocycles. The zero-order valence-corrected chi connectivity index (χ0v) is 15.4. The fraction of sp³-hybridized carbons (Fsp3) is 0.588. The highest BCUT2D eigenvalue weighted by Crippen LogP contribution is 2.20. The topological polar surface area (TPSA) is 66.5 Å². The molecule has 1 fully saturated rings. The lowest BCUT2D eigenvalue weighted by molar-refractivity contribution is -0.120. The molecule has 0 aromatic heterocycles. The Bertz CT molecular complexity index is 624. The van der Waals surface area contributed by atoms with Crippen LogP contribution in [0.15, 0.2) is 29.2 Å². The van der Waals surface area contributed by atoms with Crippen molar-refractivity contribution in [2.24, 2.45) is 0 Å². The highest BCUT2D eigenvalue weighted by atomic mass is 35.5. The van der Waals surface area contributed by atoms with E-state index in [2.05, 4.69) is 5.32 Å². The molecule has 2 rings (SSSR count). The minimum atomic E-state index is -3.39. The molecule has 0 bridgehead atoms. The van der Waals surface area contributed by atoms with Gasteiger partial charge >= 0.3 is 0 Å². The smallest absolute Gasteiger partial charge is 0.243 e. The van der Waals surface area contributed by atoms with Crippen molar-refractivity contribution in [1.82, 2.24) is 9.62 Å². The van der Waals surface area contributed by atoms with Crippen LogP contribution in [0.25, 0.3) is 0 Å². The van der Waals surface area contributed by atoms with E-state index in [1.165, 1.54) is 0 Å². The van der Waals surface area contributed by atoms with Gasteiger partial charge in [0.2, 0.25) is 15.9 Å². The summed E-state index contributed by atoms with van der Waals surface area (Å²) in [6.45, 7) is 1.74. The number of amides is 1. The van der Waals surface area contributed by atoms with Crippen molar-refractivity contribution in [3.63, 3.8) is 0 Å². The molecule has 0 spiro atoms. The van der Waals surface area contributed by atoms with Crippen molar-refractivity contribution >= 4 is 27.5 Å². The predicted molar refractivity (Wildman–Crippen MR) is 95.7 cm³/mol. The summed E-state index contributed by atoms with van der Waals surface area (Å²) in [5.41, 5.74) is 0.996. The first-order valence-corrected chi connectivity index (χ1v) is 10.4. The van der Waals surface area contributed by atoms with Crippen LogP contribution in [0.3, 0.4) is 0 Å². The Morgan fingerprint density at radius 1 is 1.08 bits per heavy atom. The summed E-state index contributed by atoms with van der Waals surface area (Å²) in [4.78, 5) is 11.7. The Morgan fingerprint density at radius 3 is 2.29 bits per heavy atom. The molecule has 1 aliphatic rings. The summed E-state index contributed by atoms with van der Waals surface area (Å²) in [5.74, 6) is 0.250. The highest BCUT2D eigenvalue weighted by Gasteiger charge is 2.24. The number of rotatable bonds is 7. The first-order valence-electron chi connectivity index (χ1n) is 8.46. The normalized spacial score (nSPS) is 16.5. The summed E-state index contributed by atoms with van der Waals surface area (Å²) in [6.07, 6.45) is 5.03. The van der Waals surface area contributed by atoms with Gasteiger partial charge in [-0.25, -0.2) is 8.42 Å². The number of halogens is 1. The molecule has 134 valence electrons. The second kappa shape index (κ2) is 9.39. The van der Waals surface area contributed by atoms with Crippen LogP contribution >= 0.6 is 11.6 Å². The van der Waals surface area contributed by atoms with E-state index in [1.54, 1.807) is 16.4 Å². The van der Waals surface area contributed by atoms with E-state index in [0.29, 0.717) is 43.3 Å². The molecular weight excluding hydrogens is 348 g/mol. The molecule has 5 nitrogen and oxygen atoms in total. The van der Waals surface area contributed by atoms with Gasteiger partial charge in [-0.05, 0) is 37.0 Å². The number of nitrogens with one attached hydrogen (secondary N) is 1. The van der Waals surface area contributed by atoms with Gasteiger partial charge in [0, 0.05) is 31.9 Å². The van der Waals surface area contributed by atoms with Gasteiger partial charge in [0.15, 0.2) is 0 Å². The SMILES string of the molecule is O=C(CCCl)NCCc1ccc(S(=O)(=O)N2CCCCCC2)cc1. The van der Waals surface area contributed by atoms with Crippen molar-refractivity contribution < 1.29 is 13.2 Å². The third-order valence-electron chi connectivity index (χ3n) is 4.18. The molecule has 1 aromatic rings. The largest absolute Gasteiger partial charge is 0.356 e. The first-order chi connectivity index (χ1) is 11.5. The molecule has 1 amide bonds. The summed E-state index contributed by atoms with van der Waals surface area (Å²) in [6, 6.07) is 6.96. The molecule has 7 heteroatoms. The molecule has 0 radical (unpaired) electrons. The number of alkyl halides is 1. The number of benzene rings is 1. The van der Waals surface area contributed by atoms with Gasteiger partial charge in [0.25, 0.3) is 0 Å². The standard InChI is InChI=1S/C17H25ClN2O3S/c18-11-9-17(21)19-12-10-15-5-7-16(8-6-15)24(22,23)20-13-3-1-2-4-14-20/h5-8H,1-4,9-14H2,(H,19,21). The molecule has 1 aliphatic heterocycles. The summed E-state index contributed by atoms with van der Waals surface area (Å²) in [7, 11) is -3.39. The van der Waals surface area contributed by atoms with Crippen LogP contribution in [0.2, 0.25) is 0 Å². The van der Waals surface area contributed by atoms with Crippen LogP contribution in [-0.2, 0) is 21.2 Å². The van der Waals surface area contributed by atoms with Gasteiger partial charge in [-0.1, -0.05) is 25.0 Å². The lowest BCUT2D eigenvalue weighted by Crippen LogP contribution is -2.31. The van der Waals surface area contributed by atoms with E-state index in [-0.39, 0.29) is 5.91 Å². The number of nitrogens with zero attached hydrogens (tertiary/aromatic N) is 1. The van der Waals surface area contributed by atoms with Crippen LogP contribution < -0.4 is 5.32 Å². The Balaban J connectivity index is 1.94. The molecular formula is C17H25ClN2O3S. The van der Waals surface area contributed by atoms with Crippen LogP contribution in [0.1, 0.15) is 37.7 Å². The maximum Gasteiger partial charge on any atom is 0.243 e. The molecule has 1 heterocycles. The molecule has 0 atom stereocenters. The van der Waals surface area contributed by atoms with Crippen molar-refractivity contribution in [3.05, 3.63) is 29.8 Å². The van der Waals surface area contributed by atoms with Crippen molar-refractivity contribution in [2.75, 3.05) is 25.5 Å². The molecule has 1 aromatic carbocycles. The maximum atomic E-state index is 12.7. The van der Waals surface area contributed by atoms with Gasteiger partial charge in [0.05, 0.1) is 4.90 Å². The predicted octanol–water partition coefficient (Wildman–Crippen LogP) is 2.54. The van der Waals surface area contributed by atoms with E-state index in [1.807, 2.05) is 12.1 Å². The lowest BCUT2D eigenvalue weighted by atomic mass is 10.1. The number of carbonyl (C=O) groups excluding carboxylic acids is 1. The maximum absolute atomic E-state index is 12.7. The van der Waals surface area contributed by atoms with Gasteiger partial charge in [-0.15, -0.1) is 11.6 Å². The van der Waals surface area contributed by atoms with Crippen LogP contribution in [0, 0.1) is 0 Å². The number of hydrogen-bond donors (Lipinski definition) is 1. The zero-order chi connectivity index (χ0) is 17.4. The number of carbonyl (C=O) groups is 1. The molecule has 0 unspecified atom stereocenters. The molecule has 0 saturated carbocycles. The zero-order valence-electron chi connectivity index (χ0n) is 13.8. The number of hydrogen-bond acceptors (Lipinski definition) is 3. The third-order valence-corrected chi connectivity index (χ3v) is 6.29. The average molecular weight is 373 g/mol. The monoisotopic (exact) mass is 372 g/mol. The summed E-state index contributed by atoms with van der Waals surface area (Å²) < 4.78 is 27.0.